The van der Waals surface area contributed by atoms with Gasteiger partial charge in [-0.05, 0) is 73.0 Å². The summed E-state index contributed by atoms with van der Waals surface area (Å²) in [4.78, 5) is 12.8. The van der Waals surface area contributed by atoms with Crippen molar-refractivity contribution < 1.29 is 39.5 Å². The van der Waals surface area contributed by atoms with Crippen LogP contribution in [0, 0.1) is 5.82 Å². The molecule has 1 aliphatic carbocycles. The Labute approximate surface area is 229 Å². The van der Waals surface area contributed by atoms with E-state index >= 15 is 0 Å². The fourth-order valence-corrected chi connectivity index (χ4v) is 4.40. The predicted octanol–water partition coefficient (Wildman–Crippen LogP) is 6.17. The van der Waals surface area contributed by atoms with Crippen LogP contribution < -0.4 is 15.4 Å². The Balaban J connectivity index is 1.51. The highest BCUT2D eigenvalue weighted by molar-refractivity contribution is 7.80. The highest BCUT2D eigenvalue weighted by atomic mass is 32.2. The van der Waals surface area contributed by atoms with Crippen molar-refractivity contribution in [3.8, 4) is 11.3 Å². The molecule has 3 N–H and O–H groups in total. The second kappa shape index (κ2) is 10.4. The molecule has 5 rings (SSSR count). The zero-order valence-corrected chi connectivity index (χ0v) is 21.3. The van der Waals surface area contributed by atoms with Gasteiger partial charge in [0.1, 0.15) is 16.9 Å². The topological polar surface area (TPSA) is 115 Å². The van der Waals surface area contributed by atoms with E-state index in [0.29, 0.717) is 17.3 Å². The van der Waals surface area contributed by atoms with Crippen LogP contribution in [0.3, 0.4) is 0 Å². The number of alkyl halides is 6. The van der Waals surface area contributed by atoms with Gasteiger partial charge in [0.2, 0.25) is 5.95 Å². The lowest BCUT2D eigenvalue weighted by Crippen LogP contribution is -2.39. The fourth-order valence-electron chi connectivity index (χ4n) is 4.09. The first-order chi connectivity index (χ1) is 19.2. The summed E-state index contributed by atoms with van der Waals surface area (Å²) in [7, 11) is 0. The summed E-state index contributed by atoms with van der Waals surface area (Å²) in [5.41, 5.74) is -2.76. The molecule has 0 aliphatic heterocycles. The Kier molecular flexibility index (Phi) is 7.23. The predicted molar refractivity (Wildman–Crippen MR) is 136 cm³/mol. The van der Waals surface area contributed by atoms with Crippen LogP contribution in [-0.2, 0) is 24.0 Å². The van der Waals surface area contributed by atoms with Crippen molar-refractivity contribution in [1.29, 1.82) is 0 Å². The Morgan fingerprint density at radius 3 is 2.24 bits per heavy atom. The molecule has 2 heterocycles. The lowest BCUT2D eigenvalue weighted by molar-refractivity contribution is -0.151. The molecule has 216 valence electrons. The van der Waals surface area contributed by atoms with Gasteiger partial charge in [-0.15, -0.1) is 0 Å². The van der Waals surface area contributed by atoms with E-state index in [1.54, 1.807) is 0 Å². The minimum Gasteiger partial charge on any atom is -0.755 e. The molecule has 1 fully saturated rings. The van der Waals surface area contributed by atoms with Gasteiger partial charge in [-0.1, -0.05) is 0 Å². The number of hydrogen-bond donors (Lipinski definition) is 3. The first-order valence-corrected chi connectivity index (χ1v) is 12.9. The number of fused-ring (bicyclic) bond motifs is 1. The fraction of sp³-hybridized carbons (Fsp3) is 0.240. The monoisotopic (exact) mass is 599 g/mol. The zero-order chi connectivity index (χ0) is 29.6. The molecule has 1 aliphatic rings. The lowest BCUT2D eigenvalue weighted by Gasteiger charge is -2.22. The van der Waals surface area contributed by atoms with E-state index in [9.17, 15) is 39.5 Å². The van der Waals surface area contributed by atoms with E-state index in [0.717, 1.165) is 12.1 Å². The smallest absolute Gasteiger partial charge is 0.416 e. The van der Waals surface area contributed by atoms with E-state index < -0.39 is 40.5 Å². The molecule has 0 amide bonds. The van der Waals surface area contributed by atoms with E-state index in [1.165, 1.54) is 36.4 Å². The van der Waals surface area contributed by atoms with Crippen molar-refractivity contribution in [2.45, 2.75) is 37.3 Å². The molecule has 1 atom stereocenters. The van der Waals surface area contributed by atoms with Gasteiger partial charge in [0, 0.05) is 29.1 Å². The maximum absolute atomic E-state index is 13.8. The molecule has 41 heavy (non-hydrogen) atoms. The quantitative estimate of drug-likeness (QED) is 0.164. The summed E-state index contributed by atoms with van der Waals surface area (Å²) in [5, 5.41) is 5.12. The normalized spacial score (nSPS) is 15.4. The first kappa shape index (κ1) is 28.5. The minimum atomic E-state index is -4.78. The highest BCUT2D eigenvalue weighted by Gasteiger charge is 2.64. The molecule has 8 nitrogen and oxygen atoms in total. The molecule has 0 saturated heterocycles. The Morgan fingerprint density at radius 2 is 1.63 bits per heavy atom. The van der Waals surface area contributed by atoms with Crippen LogP contribution in [0.25, 0.3) is 22.3 Å². The minimum absolute atomic E-state index is 0.00335. The molecular formula is C25H18F7N6O2S-. The average molecular weight is 600 g/mol. The summed E-state index contributed by atoms with van der Waals surface area (Å²) in [6, 6.07) is 10.9. The molecule has 2 aromatic carbocycles. The summed E-state index contributed by atoms with van der Waals surface area (Å²) in [6.07, 6.45) is -9.79. The summed E-state index contributed by atoms with van der Waals surface area (Å²) >= 11 is -2.89. The van der Waals surface area contributed by atoms with Gasteiger partial charge in [-0.25, -0.2) is 14.4 Å². The van der Waals surface area contributed by atoms with Gasteiger partial charge in [0.25, 0.3) is 0 Å². The van der Waals surface area contributed by atoms with Crippen molar-refractivity contribution >= 4 is 39.8 Å². The first-order valence-electron chi connectivity index (χ1n) is 11.8. The van der Waals surface area contributed by atoms with Crippen LogP contribution in [0.2, 0.25) is 0 Å². The van der Waals surface area contributed by atoms with E-state index in [2.05, 4.69) is 25.6 Å². The van der Waals surface area contributed by atoms with Gasteiger partial charge in [-0.2, -0.15) is 31.3 Å². The molecular weight excluding hydrogens is 581 g/mol. The molecule has 1 unspecified atom stereocenters. The van der Waals surface area contributed by atoms with Gasteiger partial charge in [-0.3, -0.25) is 4.21 Å². The van der Waals surface area contributed by atoms with E-state index in [-0.39, 0.29) is 53.4 Å². The molecule has 2 aromatic heterocycles. The molecule has 0 spiro atoms. The van der Waals surface area contributed by atoms with Crippen LogP contribution in [0.1, 0.15) is 24.0 Å². The van der Waals surface area contributed by atoms with Crippen molar-refractivity contribution in [2.75, 3.05) is 15.4 Å². The van der Waals surface area contributed by atoms with Gasteiger partial charge in [0.15, 0.2) is 5.82 Å². The molecule has 16 heteroatoms. The van der Waals surface area contributed by atoms with Crippen LogP contribution in [0.15, 0.2) is 54.6 Å². The summed E-state index contributed by atoms with van der Waals surface area (Å²) in [6.45, 7) is -0.333. The summed E-state index contributed by atoms with van der Waals surface area (Å²) < 4.78 is 119. The third kappa shape index (κ3) is 6.32. The van der Waals surface area contributed by atoms with Gasteiger partial charge < -0.3 is 19.9 Å². The number of halogens is 7. The molecule has 1 saturated carbocycles. The van der Waals surface area contributed by atoms with Crippen LogP contribution >= 0.6 is 0 Å². The third-order valence-corrected chi connectivity index (χ3v) is 6.71. The second-order valence-corrected chi connectivity index (χ2v) is 9.95. The van der Waals surface area contributed by atoms with Crippen molar-refractivity contribution in [3.05, 3.63) is 71.5 Å². The van der Waals surface area contributed by atoms with Crippen LogP contribution in [-0.4, -0.2) is 35.4 Å². The van der Waals surface area contributed by atoms with Crippen molar-refractivity contribution in [2.24, 2.45) is 0 Å². The Hall–Kier alpha value is -4.05. The maximum atomic E-state index is 13.8. The number of aromatic nitrogens is 3. The zero-order valence-electron chi connectivity index (χ0n) is 20.5. The van der Waals surface area contributed by atoms with Crippen molar-refractivity contribution in [1.82, 2.24) is 15.0 Å². The summed E-state index contributed by atoms with van der Waals surface area (Å²) in [5.74, 6) is -0.958. The number of pyridine rings is 1. The number of hydrogen-bond acceptors (Lipinski definition) is 7. The van der Waals surface area contributed by atoms with Gasteiger partial charge in [0.05, 0.1) is 16.8 Å². The molecule has 0 bridgehead atoms. The van der Waals surface area contributed by atoms with E-state index in [1.807, 2.05) is 4.72 Å². The van der Waals surface area contributed by atoms with E-state index in [4.69, 9.17) is 0 Å². The highest BCUT2D eigenvalue weighted by Crippen LogP contribution is 2.51. The Bertz CT molecular complexity index is 1630. The Morgan fingerprint density at radius 1 is 0.927 bits per heavy atom. The number of benzene rings is 2. The van der Waals surface area contributed by atoms with Crippen LogP contribution in [0.5, 0.6) is 0 Å². The van der Waals surface area contributed by atoms with Crippen molar-refractivity contribution in [3.63, 3.8) is 0 Å². The van der Waals surface area contributed by atoms with Crippen LogP contribution in [0.4, 0.5) is 48.2 Å². The number of rotatable bonds is 8. The number of anilines is 3. The standard InChI is InChI=1S/C25H19F7N6O2S/c26-16-3-1-14(2-4-16)18-5-6-19-20(34-18)21(37-23(7-8-23)25(30,31)32)36-22(35-19)33-12-13-9-15(24(27,28)29)11-17(10-13)38-41(39)40/h1-6,9-11,38H,7-8,12H2,(H,39,40)(H2,33,35,36,37)/p-1. The molecule has 4 aromatic rings. The van der Waals surface area contributed by atoms with Gasteiger partial charge >= 0.3 is 12.4 Å². The third-order valence-electron chi connectivity index (χ3n) is 6.30. The second-order valence-electron chi connectivity index (χ2n) is 9.28. The lowest BCUT2D eigenvalue weighted by atomic mass is 10.1. The number of nitrogens with one attached hydrogen (secondary N) is 3. The molecule has 0 radical (unpaired) electrons. The number of nitrogens with zero attached hydrogens (tertiary/aromatic N) is 3. The maximum Gasteiger partial charge on any atom is 0.416 e. The SMILES string of the molecule is O=S([O-])Nc1cc(CNc2nc(NC3(C(F)(F)F)CC3)c3nc(-c4ccc(F)cc4)ccc3n2)cc(C(F)(F)F)c1. The average Bonchev–Trinajstić information content (AvgIpc) is 3.68. The largest absolute Gasteiger partial charge is 0.755 e.